The Morgan fingerprint density at radius 2 is 1.30 bits per heavy atom. The zero-order valence-corrected chi connectivity index (χ0v) is 12.1. The molecule has 2 aromatic carbocycles. The quantitative estimate of drug-likeness (QED) is 0.860. The summed E-state index contributed by atoms with van der Waals surface area (Å²) in [6.45, 7) is 5.63. The summed E-state index contributed by atoms with van der Waals surface area (Å²) in [7, 11) is 0. The van der Waals surface area contributed by atoms with Gasteiger partial charge in [0.2, 0.25) is 0 Å². The molecule has 0 heterocycles. The first-order valence-electron chi connectivity index (χ1n) is 6.75. The minimum atomic E-state index is -1.55. The van der Waals surface area contributed by atoms with Crippen LogP contribution in [0.3, 0.4) is 0 Å². The van der Waals surface area contributed by atoms with Gasteiger partial charge in [0, 0.05) is 11.0 Å². The van der Waals surface area contributed by atoms with E-state index in [1.54, 1.807) is 36.4 Å². The highest BCUT2D eigenvalue weighted by Gasteiger charge is 2.48. The summed E-state index contributed by atoms with van der Waals surface area (Å²) in [5.74, 6) is -0.267. The molecule has 0 amide bonds. The van der Waals surface area contributed by atoms with Gasteiger partial charge in [-0.2, -0.15) is 0 Å². The van der Waals surface area contributed by atoms with Gasteiger partial charge in [-0.05, 0) is 5.56 Å². The second kappa shape index (κ2) is 5.22. The minimum Gasteiger partial charge on any atom is -0.376 e. The van der Waals surface area contributed by atoms with Crippen LogP contribution in [0.15, 0.2) is 60.7 Å². The lowest BCUT2D eigenvalue weighted by atomic mass is 9.68. The molecule has 2 nitrogen and oxygen atoms in total. The Morgan fingerprint density at radius 1 is 0.850 bits per heavy atom. The third-order valence-corrected chi connectivity index (χ3v) is 3.64. The van der Waals surface area contributed by atoms with Crippen LogP contribution in [0.4, 0.5) is 0 Å². The van der Waals surface area contributed by atoms with Crippen molar-refractivity contribution in [2.75, 3.05) is 0 Å². The lowest BCUT2D eigenvalue weighted by Crippen LogP contribution is -2.47. The van der Waals surface area contributed by atoms with Gasteiger partial charge < -0.3 is 5.11 Å². The van der Waals surface area contributed by atoms with Crippen LogP contribution in [-0.2, 0) is 5.60 Å². The van der Waals surface area contributed by atoms with Crippen molar-refractivity contribution < 1.29 is 9.90 Å². The van der Waals surface area contributed by atoms with E-state index in [-0.39, 0.29) is 5.78 Å². The maximum absolute atomic E-state index is 12.9. The molecule has 0 saturated heterocycles. The van der Waals surface area contributed by atoms with Crippen molar-refractivity contribution in [2.45, 2.75) is 26.4 Å². The van der Waals surface area contributed by atoms with E-state index in [1.165, 1.54) is 0 Å². The zero-order chi connectivity index (χ0) is 14.8. The monoisotopic (exact) mass is 268 g/mol. The maximum atomic E-state index is 12.9. The molecule has 0 radical (unpaired) electrons. The first-order valence-corrected chi connectivity index (χ1v) is 6.75. The molecule has 0 bridgehead atoms. The average Bonchev–Trinajstić information content (AvgIpc) is 2.46. The van der Waals surface area contributed by atoms with Crippen molar-refractivity contribution in [2.24, 2.45) is 5.41 Å². The summed E-state index contributed by atoms with van der Waals surface area (Å²) >= 11 is 0. The number of carbonyl (C=O) groups excluding carboxylic acids is 1. The molecule has 0 aliphatic rings. The van der Waals surface area contributed by atoms with E-state index in [0.717, 1.165) is 0 Å². The van der Waals surface area contributed by atoms with Crippen molar-refractivity contribution in [1.29, 1.82) is 0 Å². The molecule has 0 fully saturated rings. The van der Waals surface area contributed by atoms with Crippen molar-refractivity contribution >= 4 is 5.78 Å². The molecule has 0 spiro atoms. The van der Waals surface area contributed by atoms with Crippen LogP contribution in [0.25, 0.3) is 0 Å². The van der Waals surface area contributed by atoms with Crippen LogP contribution in [0, 0.1) is 5.41 Å². The number of aliphatic hydroxyl groups is 1. The fraction of sp³-hybridized carbons (Fsp3) is 0.278. The fourth-order valence-electron chi connectivity index (χ4n) is 2.38. The van der Waals surface area contributed by atoms with Crippen LogP contribution in [0.5, 0.6) is 0 Å². The van der Waals surface area contributed by atoms with E-state index in [9.17, 15) is 9.90 Å². The predicted molar refractivity (Wildman–Crippen MR) is 80.6 cm³/mol. The van der Waals surface area contributed by atoms with Crippen LogP contribution in [-0.4, -0.2) is 10.9 Å². The molecule has 2 rings (SSSR count). The highest BCUT2D eigenvalue weighted by Crippen LogP contribution is 2.41. The van der Waals surface area contributed by atoms with Crippen molar-refractivity contribution in [1.82, 2.24) is 0 Å². The second-order valence-electron chi connectivity index (χ2n) is 6.02. The molecule has 0 saturated carbocycles. The standard InChI is InChI=1S/C18H20O2/c1-17(2,3)18(20,15-12-8-5-9-13-15)16(19)14-10-6-4-7-11-14/h4-13,20H,1-3H3. The molecular weight excluding hydrogens is 248 g/mol. The number of Topliss-reactive ketones (excluding diaryl/α,β-unsaturated/α-hetero) is 1. The van der Waals surface area contributed by atoms with E-state index in [0.29, 0.717) is 11.1 Å². The van der Waals surface area contributed by atoms with Gasteiger partial charge in [-0.15, -0.1) is 0 Å². The molecule has 1 N–H and O–H groups in total. The molecule has 2 aromatic rings. The summed E-state index contributed by atoms with van der Waals surface area (Å²) in [5.41, 5.74) is -1.01. The van der Waals surface area contributed by atoms with Crippen LogP contribution in [0.1, 0.15) is 36.7 Å². The van der Waals surface area contributed by atoms with Gasteiger partial charge >= 0.3 is 0 Å². The molecule has 0 aliphatic heterocycles. The highest BCUT2D eigenvalue weighted by molar-refractivity contribution is 6.03. The second-order valence-corrected chi connectivity index (χ2v) is 6.02. The van der Waals surface area contributed by atoms with E-state index in [2.05, 4.69) is 0 Å². The predicted octanol–water partition coefficient (Wildman–Crippen LogP) is 3.80. The molecular formula is C18H20O2. The van der Waals surface area contributed by atoms with Crippen molar-refractivity contribution in [3.63, 3.8) is 0 Å². The molecule has 1 unspecified atom stereocenters. The lowest BCUT2D eigenvalue weighted by Gasteiger charge is -2.39. The highest BCUT2D eigenvalue weighted by atomic mass is 16.3. The Hall–Kier alpha value is -1.93. The normalized spacial score (nSPS) is 14.6. The van der Waals surface area contributed by atoms with E-state index in [4.69, 9.17) is 0 Å². The van der Waals surface area contributed by atoms with Gasteiger partial charge in [0.15, 0.2) is 11.4 Å². The van der Waals surface area contributed by atoms with E-state index in [1.807, 2.05) is 45.0 Å². The molecule has 104 valence electrons. The number of hydrogen-bond donors (Lipinski definition) is 1. The lowest BCUT2D eigenvalue weighted by molar-refractivity contribution is -0.0369. The van der Waals surface area contributed by atoms with Gasteiger partial charge in [-0.1, -0.05) is 81.4 Å². The number of rotatable bonds is 3. The summed E-state index contributed by atoms with van der Waals surface area (Å²) in [6.07, 6.45) is 0. The molecule has 2 heteroatoms. The zero-order valence-electron chi connectivity index (χ0n) is 12.1. The van der Waals surface area contributed by atoms with E-state index >= 15 is 0 Å². The first-order chi connectivity index (χ1) is 9.37. The Morgan fingerprint density at radius 3 is 1.75 bits per heavy atom. The first kappa shape index (κ1) is 14.5. The number of ketones is 1. The summed E-state index contributed by atoms with van der Waals surface area (Å²) in [5, 5.41) is 11.2. The number of hydrogen-bond acceptors (Lipinski definition) is 2. The Labute approximate surface area is 120 Å². The molecule has 1 atom stereocenters. The van der Waals surface area contributed by atoms with Gasteiger partial charge in [0.05, 0.1) is 0 Å². The largest absolute Gasteiger partial charge is 0.376 e. The Kier molecular flexibility index (Phi) is 3.78. The van der Waals surface area contributed by atoms with Crippen LogP contribution >= 0.6 is 0 Å². The van der Waals surface area contributed by atoms with Gasteiger partial charge in [-0.3, -0.25) is 4.79 Å². The molecule has 20 heavy (non-hydrogen) atoms. The van der Waals surface area contributed by atoms with Gasteiger partial charge in [0.25, 0.3) is 0 Å². The summed E-state index contributed by atoms with van der Waals surface area (Å²) < 4.78 is 0. The molecule has 0 aromatic heterocycles. The third-order valence-electron chi connectivity index (χ3n) is 3.64. The van der Waals surface area contributed by atoms with Gasteiger partial charge in [-0.25, -0.2) is 0 Å². The fourth-order valence-corrected chi connectivity index (χ4v) is 2.38. The SMILES string of the molecule is CC(C)(C)C(O)(C(=O)c1ccccc1)c1ccccc1. The Balaban J connectivity index is 2.58. The van der Waals surface area contributed by atoms with Gasteiger partial charge in [0.1, 0.15) is 0 Å². The Bertz CT molecular complexity index is 582. The average molecular weight is 268 g/mol. The minimum absolute atomic E-state index is 0.267. The van der Waals surface area contributed by atoms with Crippen molar-refractivity contribution in [3.05, 3.63) is 71.8 Å². The van der Waals surface area contributed by atoms with E-state index < -0.39 is 11.0 Å². The topological polar surface area (TPSA) is 37.3 Å². The van der Waals surface area contributed by atoms with Crippen LogP contribution in [0.2, 0.25) is 0 Å². The smallest absolute Gasteiger partial charge is 0.199 e. The molecule has 0 aliphatic carbocycles. The third kappa shape index (κ3) is 2.39. The summed E-state index contributed by atoms with van der Waals surface area (Å²) in [4.78, 5) is 12.9. The van der Waals surface area contributed by atoms with Crippen LogP contribution < -0.4 is 0 Å². The van der Waals surface area contributed by atoms with Crippen molar-refractivity contribution in [3.8, 4) is 0 Å². The number of carbonyl (C=O) groups is 1. The number of benzene rings is 2. The maximum Gasteiger partial charge on any atom is 0.199 e. The summed E-state index contributed by atoms with van der Waals surface area (Å²) in [6, 6.07) is 18.1.